The second-order valence-electron chi connectivity index (χ2n) is 9.23. The van der Waals surface area contributed by atoms with Crippen LogP contribution in [0.1, 0.15) is 79.1 Å². The fraction of sp³-hybridized carbons (Fsp3) is 0.435. The van der Waals surface area contributed by atoms with Crippen LogP contribution in [0.5, 0.6) is 0 Å². The van der Waals surface area contributed by atoms with Crippen molar-refractivity contribution in [2.75, 3.05) is 0 Å². The van der Waals surface area contributed by atoms with Crippen LogP contribution >= 0.6 is 0 Å². The fourth-order valence-corrected chi connectivity index (χ4v) is 4.06. The van der Waals surface area contributed by atoms with Crippen molar-refractivity contribution in [3.8, 4) is 5.69 Å². The van der Waals surface area contributed by atoms with Gasteiger partial charge in [-0.05, 0) is 49.3 Å². The zero-order valence-corrected chi connectivity index (χ0v) is 17.8. The van der Waals surface area contributed by atoms with Crippen molar-refractivity contribution in [2.45, 2.75) is 59.4 Å². The lowest BCUT2D eigenvalue weighted by molar-refractivity contribution is 0.0914. The summed E-state index contributed by atoms with van der Waals surface area (Å²) in [5, 5.41) is 15.0. The number of rotatable bonds is 4. The van der Waals surface area contributed by atoms with Crippen LogP contribution in [0.2, 0.25) is 0 Å². The summed E-state index contributed by atoms with van der Waals surface area (Å²) in [6, 6.07) is 10.1. The molecule has 1 aliphatic carbocycles. The first kappa shape index (κ1) is 19.4. The lowest BCUT2D eigenvalue weighted by atomic mass is 9.74. The molecule has 152 valence electrons. The minimum absolute atomic E-state index is 0.0576. The number of nitrogens with zero attached hydrogens (tertiary/aromatic N) is 3. The molecule has 2 heterocycles. The van der Waals surface area contributed by atoms with E-state index >= 15 is 0 Å². The SMILES string of the molecule is Cc1ccc(-n2ncc3c2CC(C)(C)CC3NC(=O)c2cc(C(C)C)[nH]n2)cc1. The van der Waals surface area contributed by atoms with E-state index in [0.29, 0.717) is 11.6 Å². The number of aryl methyl sites for hydroxylation is 1. The Kier molecular flexibility index (Phi) is 4.81. The quantitative estimate of drug-likeness (QED) is 0.689. The van der Waals surface area contributed by atoms with Crippen LogP contribution in [0.25, 0.3) is 5.69 Å². The number of benzene rings is 1. The van der Waals surface area contributed by atoms with Crippen molar-refractivity contribution in [3.63, 3.8) is 0 Å². The Hall–Kier alpha value is -2.89. The van der Waals surface area contributed by atoms with Gasteiger partial charge in [0.25, 0.3) is 5.91 Å². The summed E-state index contributed by atoms with van der Waals surface area (Å²) in [5.41, 5.74) is 5.99. The monoisotopic (exact) mass is 391 g/mol. The molecule has 6 heteroatoms. The molecule has 0 bridgehead atoms. The minimum atomic E-state index is -0.148. The topological polar surface area (TPSA) is 75.6 Å². The number of nitrogens with one attached hydrogen (secondary N) is 2. The maximum atomic E-state index is 12.9. The van der Waals surface area contributed by atoms with Crippen molar-refractivity contribution in [2.24, 2.45) is 5.41 Å². The third-order valence-electron chi connectivity index (χ3n) is 5.72. The van der Waals surface area contributed by atoms with Crippen molar-refractivity contribution >= 4 is 5.91 Å². The molecule has 2 aromatic heterocycles. The number of carbonyl (C=O) groups is 1. The standard InChI is InChI=1S/C23H29N5O/c1-14(2)18-10-19(27-26-18)22(29)25-20-11-23(4,5)12-21-17(20)13-24-28(21)16-8-6-15(3)7-9-16/h6-10,13-14,20H,11-12H2,1-5H3,(H,25,29)(H,26,27). The van der Waals surface area contributed by atoms with Gasteiger partial charge in [0.2, 0.25) is 0 Å². The van der Waals surface area contributed by atoms with Gasteiger partial charge in [0.05, 0.1) is 23.6 Å². The number of aromatic nitrogens is 4. The molecule has 0 aliphatic heterocycles. The van der Waals surface area contributed by atoms with Crippen molar-refractivity contribution in [1.29, 1.82) is 0 Å². The number of carbonyl (C=O) groups excluding carboxylic acids is 1. The van der Waals surface area contributed by atoms with Gasteiger partial charge in [0.1, 0.15) is 5.69 Å². The van der Waals surface area contributed by atoms with E-state index in [4.69, 9.17) is 0 Å². The van der Waals surface area contributed by atoms with E-state index < -0.39 is 0 Å². The summed E-state index contributed by atoms with van der Waals surface area (Å²) < 4.78 is 2.01. The summed E-state index contributed by atoms with van der Waals surface area (Å²) in [4.78, 5) is 12.9. The molecule has 0 radical (unpaired) electrons. The number of amides is 1. The lowest BCUT2D eigenvalue weighted by Crippen LogP contribution is -2.37. The molecule has 0 spiro atoms. The molecule has 1 unspecified atom stereocenters. The summed E-state index contributed by atoms with van der Waals surface area (Å²) in [6.45, 7) is 10.7. The summed E-state index contributed by atoms with van der Waals surface area (Å²) >= 11 is 0. The number of hydrogen-bond acceptors (Lipinski definition) is 3. The Morgan fingerprint density at radius 2 is 2.00 bits per heavy atom. The van der Waals surface area contributed by atoms with E-state index in [1.165, 1.54) is 11.3 Å². The van der Waals surface area contributed by atoms with Gasteiger partial charge in [-0.1, -0.05) is 45.4 Å². The molecule has 0 saturated heterocycles. The predicted molar refractivity (Wildman–Crippen MR) is 113 cm³/mol. The van der Waals surface area contributed by atoms with Crippen LogP contribution in [0.3, 0.4) is 0 Å². The van der Waals surface area contributed by atoms with E-state index in [-0.39, 0.29) is 17.4 Å². The lowest BCUT2D eigenvalue weighted by Gasteiger charge is -2.35. The predicted octanol–water partition coefficient (Wildman–Crippen LogP) is 4.47. The second kappa shape index (κ2) is 7.17. The van der Waals surface area contributed by atoms with Gasteiger partial charge < -0.3 is 5.32 Å². The Bertz CT molecular complexity index is 1030. The van der Waals surface area contributed by atoms with E-state index in [2.05, 4.69) is 79.5 Å². The number of aromatic amines is 1. The summed E-state index contributed by atoms with van der Waals surface area (Å²) in [7, 11) is 0. The average Bonchev–Trinajstić information content (AvgIpc) is 3.29. The van der Waals surface area contributed by atoms with Gasteiger partial charge >= 0.3 is 0 Å². The number of fused-ring (bicyclic) bond motifs is 1. The molecule has 2 N–H and O–H groups in total. The molecular weight excluding hydrogens is 362 g/mol. The van der Waals surface area contributed by atoms with Gasteiger partial charge in [0.15, 0.2) is 0 Å². The third kappa shape index (κ3) is 3.84. The van der Waals surface area contributed by atoms with Crippen LogP contribution in [-0.4, -0.2) is 25.9 Å². The second-order valence-corrected chi connectivity index (χ2v) is 9.23. The fourth-order valence-electron chi connectivity index (χ4n) is 4.06. The van der Waals surface area contributed by atoms with E-state index in [0.717, 1.165) is 29.8 Å². The highest BCUT2D eigenvalue weighted by Gasteiger charge is 2.36. The molecule has 1 atom stereocenters. The maximum Gasteiger partial charge on any atom is 0.272 e. The Labute approximate surface area is 171 Å². The highest BCUT2D eigenvalue weighted by molar-refractivity contribution is 5.92. The molecular formula is C23H29N5O. The number of H-pyrrole nitrogens is 1. The molecule has 6 nitrogen and oxygen atoms in total. The van der Waals surface area contributed by atoms with E-state index in [9.17, 15) is 4.79 Å². The largest absolute Gasteiger partial charge is 0.344 e. The minimum Gasteiger partial charge on any atom is -0.344 e. The van der Waals surface area contributed by atoms with Crippen LogP contribution in [-0.2, 0) is 6.42 Å². The van der Waals surface area contributed by atoms with Crippen LogP contribution in [0.4, 0.5) is 0 Å². The third-order valence-corrected chi connectivity index (χ3v) is 5.72. The first-order valence-corrected chi connectivity index (χ1v) is 10.2. The zero-order valence-electron chi connectivity index (χ0n) is 17.8. The van der Waals surface area contributed by atoms with E-state index in [1.54, 1.807) is 0 Å². The van der Waals surface area contributed by atoms with Gasteiger partial charge in [-0.2, -0.15) is 10.2 Å². The van der Waals surface area contributed by atoms with Gasteiger partial charge in [-0.15, -0.1) is 0 Å². The van der Waals surface area contributed by atoms with Gasteiger partial charge in [0, 0.05) is 11.3 Å². The first-order valence-electron chi connectivity index (χ1n) is 10.2. The Morgan fingerprint density at radius 3 is 2.66 bits per heavy atom. The molecule has 1 aromatic carbocycles. The molecule has 3 aromatic rings. The molecule has 29 heavy (non-hydrogen) atoms. The van der Waals surface area contributed by atoms with Gasteiger partial charge in [-0.3, -0.25) is 9.89 Å². The van der Waals surface area contributed by atoms with Crippen molar-refractivity contribution in [1.82, 2.24) is 25.3 Å². The van der Waals surface area contributed by atoms with Crippen LogP contribution in [0.15, 0.2) is 36.5 Å². The van der Waals surface area contributed by atoms with Crippen LogP contribution < -0.4 is 5.32 Å². The first-order chi connectivity index (χ1) is 13.7. The highest BCUT2D eigenvalue weighted by atomic mass is 16.2. The van der Waals surface area contributed by atoms with Gasteiger partial charge in [-0.25, -0.2) is 4.68 Å². The molecule has 1 aliphatic rings. The van der Waals surface area contributed by atoms with Crippen LogP contribution in [0, 0.1) is 12.3 Å². The smallest absolute Gasteiger partial charge is 0.272 e. The Balaban J connectivity index is 1.64. The average molecular weight is 392 g/mol. The molecule has 0 fully saturated rings. The Morgan fingerprint density at radius 1 is 1.28 bits per heavy atom. The van der Waals surface area contributed by atoms with Crippen molar-refractivity contribution in [3.05, 3.63) is 64.7 Å². The molecule has 0 saturated carbocycles. The highest BCUT2D eigenvalue weighted by Crippen LogP contribution is 2.41. The summed E-state index contributed by atoms with van der Waals surface area (Å²) in [5.74, 6) is 0.155. The number of hydrogen-bond donors (Lipinski definition) is 2. The summed E-state index contributed by atoms with van der Waals surface area (Å²) in [6.07, 6.45) is 3.69. The van der Waals surface area contributed by atoms with Crippen molar-refractivity contribution < 1.29 is 4.79 Å². The zero-order chi connectivity index (χ0) is 20.8. The van der Waals surface area contributed by atoms with E-state index in [1.807, 2.05) is 16.9 Å². The molecule has 4 rings (SSSR count). The molecule has 1 amide bonds. The normalized spacial score (nSPS) is 17.9. The maximum absolute atomic E-state index is 12.9.